The number of aliphatic carboxylic acids is 1. The lowest BCUT2D eigenvalue weighted by atomic mass is 10.1. The van der Waals surface area contributed by atoms with Crippen molar-refractivity contribution in [3.05, 3.63) is 186 Å². The predicted octanol–water partition coefficient (Wildman–Crippen LogP) is 10.8. The Kier molecular flexibility index (Phi) is 10.1. The molecule has 0 atom stereocenters. The highest BCUT2D eigenvalue weighted by Crippen LogP contribution is 2.36. The molecule has 0 aliphatic carbocycles. The van der Waals surface area contributed by atoms with Crippen molar-refractivity contribution in [2.24, 2.45) is 0 Å². The number of carbonyl (C=O) groups excluding carboxylic acids is 1. The summed E-state index contributed by atoms with van der Waals surface area (Å²) in [6.07, 6.45) is 6.28. The third-order valence-electron chi connectivity index (χ3n) is 8.76. The first-order valence-corrected chi connectivity index (χ1v) is 17.3. The molecule has 7 rings (SSSR count). The van der Waals surface area contributed by atoms with Crippen LogP contribution in [0, 0.1) is 0 Å². The minimum atomic E-state index is -1.09. The van der Waals surface area contributed by atoms with Gasteiger partial charge in [-0.25, -0.2) is 0 Å². The van der Waals surface area contributed by atoms with Crippen LogP contribution >= 0.6 is 12.2 Å². The van der Waals surface area contributed by atoms with E-state index in [9.17, 15) is 9.59 Å². The summed E-state index contributed by atoms with van der Waals surface area (Å²) in [7, 11) is 0. The van der Waals surface area contributed by atoms with E-state index in [1.165, 1.54) is 0 Å². The van der Waals surface area contributed by atoms with E-state index >= 15 is 0 Å². The molecule has 0 aromatic heterocycles. The van der Waals surface area contributed by atoms with Gasteiger partial charge in [0.15, 0.2) is 0 Å². The van der Waals surface area contributed by atoms with Crippen molar-refractivity contribution < 1.29 is 14.7 Å². The molecule has 1 N–H and O–H groups in total. The first kappa shape index (κ1) is 33.9. The number of likely N-dealkylation sites (tertiary alicyclic amines) is 1. The Morgan fingerprint density at radius 3 is 1.27 bits per heavy atom. The van der Waals surface area contributed by atoms with Gasteiger partial charge in [0.1, 0.15) is 6.54 Å². The maximum Gasteiger partial charge on any atom is 0.323 e. The van der Waals surface area contributed by atoms with Crippen LogP contribution in [0.2, 0.25) is 0 Å². The number of anilines is 6. The molecule has 1 amide bonds. The van der Waals surface area contributed by atoms with Crippen molar-refractivity contribution in [1.29, 1.82) is 0 Å². The van der Waals surface area contributed by atoms with Crippen LogP contribution in [-0.2, 0) is 9.59 Å². The van der Waals surface area contributed by atoms with E-state index in [-0.39, 0.29) is 12.3 Å². The molecule has 0 spiro atoms. The van der Waals surface area contributed by atoms with E-state index in [1.807, 2.05) is 54.6 Å². The highest BCUT2D eigenvalue weighted by Gasteiger charge is 2.32. The first-order chi connectivity index (χ1) is 25.4. The largest absolute Gasteiger partial charge is 0.480 e. The van der Waals surface area contributed by atoms with Gasteiger partial charge in [-0.2, -0.15) is 0 Å². The molecular formula is C45H35N3O3S. The molecule has 254 valence electrons. The van der Waals surface area contributed by atoms with Crippen LogP contribution in [0.25, 0.3) is 18.2 Å². The molecule has 1 fully saturated rings. The monoisotopic (exact) mass is 697 g/mol. The van der Waals surface area contributed by atoms with E-state index in [0.717, 1.165) is 55.7 Å². The van der Waals surface area contributed by atoms with E-state index in [0.29, 0.717) is 10.6 Å². The Hall–Kier alpha value is -6.57. The zero-order chi connectivity index (χ0) is 35.9. The highest BCUT2D eigenvalue weighted by molar-refractivity contribution is 7.80. The molecule has 1 saturated heterocycles. The molecule has 7 heteroatoms. The number of rotatable bonds is 11. The third-order valence-corrected chi connectivity index (χ3v) is 9.13. The number of hydrogen-bond acceptors (Lipinski definition) is 5. The molecule has 52 heavy (non-hydrogen) atoms. The lowest BCUT2D eigenvalue weighted by Gasteiger charge is -2.25. The van der Waals surface area contributed by atoms with Gasteiger partial charge in [0.2, 0.25) is 0 Å². The van der Waals surface area contributed by atoms with Crippen LogP contribution in [0.3, 0.4) is 0 Å². The fourth-order valence-corrected chi connectivity index (χ4v) is 6.54. The van der Waals surface area contributed by atoms with Gasteiger partial charge in [-0.15, -0.1) is 0 Å². The van der Waals surface area contributed by atoms with Crippen LogP contribution < -0.4 is 9.80 Å². The number of amides is 1. The van der Waals surface area contributed by atoms with Crippen molar-refractivity contribution in [3.63, 3.8) is 0 Å². The molecule has 6 nitrogen and oxygen atoms in total. The van der Waals surface area contributed by atoms with Gasteiger partial charge in [-0.3, -0.25) is 14.5 Å². The summed E-state index contributed by atoms with van der Waals surface area (Å²) in [6, 6.07) is 55.9. The fraction of sp³-hybridized carbons (Fsp3) is 0.0444. The molecule has 1 aliphatic heterocycles. The van der Waals surface area contributed by atoms with Gasteiger partial charge in [-0.1, -0.05) is 115 Å². The normalized spacial score (nSPS) is 13.5. The molecule has 0 saturated carbocycles. The number of nitrogens with zero attached hydrogens (tertiary/aromatic N) is 3. The zero-order valence-electron chi connectivity index (χ0n) is 28.2. The molecule has 1 heterocycles. The quantitative estimate of drug-likeness (QED) is 0.0826. The first-order valence-electron chi connectivity index (χ1n) is 16.9. The maximum absolute atomic E-state index is 12.8. The van der Waals surface area contributed by atoms with Gasteiger partial charge in [0.25, 0.3) is 5.91 Å². The maximum atomic E-state index is 12.8. The van der Waals surface area contributed by atoms with Gasteiger partial charge in [0.05, 0.1) is 4.99 Å². The summed E-state index contributed by atoms with van der Waals surface area (Å²) < 4.78 is 0. The Morgan fingerprint density at radius 1 is 0.558 bits per heavy atom. The molecule has 0 radical (unpaired) electrons. The number of carbonyl (C=O) groups is 2. The summed E-state index contributed by atoms with van der Waals surface area (Å²) >= 11 is 5.28. The summed E-state index contributed by atoms with van der Waals surface area (Å²) in [5.41, 5.74) is 9.76. The highest BCUT2D eigenvalue weighted by atomic mass is 32.1. The van der Waals surface area contributed by atoms with Crippen LogP contribution in [0.4, 0.5) is 34.1 Å². The van der Waals surface area contributed by atoms with Crippen LogP contribution in [0.5, 0.6) is 0 Å². The van der Waals surface area contributed by atoms with Gasteiger partial charge in [-0.05, 0) is 95.6 Å². The zero-order valence-corrected chi connectivity index (χ0v) is 29.1. The van der Waals surface area contributed by atoms with Crippen LogP contribution in [0.15, 0.2) is 169 Å². The van der Waals surface area contributed by atoms with Gasteiger partial charge < -0.3 is 14.9 Å². The average Bonchev–Trinajstić information content (AvgIpc) is 3.44. The lowest BCUT2D eigenvalue weighted by Crippen LogP contribution is -2.33. The summed E-state index contributed by atoms with van der Waals surface area (Å²) in [5.74, 6) is -1.45. The number of para-hydroxylation sites is 3. The Balaban J connectivity index is 1.09. The predicted molar refractivity (Wildman–Crippen MR) is 216 cm³/mol. The number of hydrogen-bond donors (Lipinski definition) is 1. The molecule has 0 bridgehead atoms. The van der Waals surface area contributed by atoms with Crippen LogP contribution in [0.1, 0.15) is 23.1 Å². The second-order valence-electron chi connectivity index (χ2n) is 12.3. The Labute approximate surface area is 308 Å². The van der Waals surface area contributed by atoms with Crippen molar-refractivity contribution >= 4 is 81.4 Å². The van der Waals surface area contributed by atoms with E-state index < -0.39 is 12.5 Å². The lowest BCUT2D eigenvalue weighted by molar-refractivity contribution is -0.140. The topological polar surface area (TPSA) is 64.1 Å². The standard InChI is InChI=1S/C45H35N3O3S/c49-44(50)32-46-43(52)31-36(45(46)51)30-35-22-28-42(29-23-35)48(39-14-8-3-9-15-39)41-26-20-34(21-27-41)17-16-33-18-24-40(25-19-33)47(37-10-4-1-5-11-37)38-12-6-2-7-13-38/h1-30H,31-32H2,(H,49,50)/b17-16+,36-30-. The van der Waals surface area contributed by atoms with Crippen molar-refractivity contribution in [1.82, 2.24) is 4.90 Å². The number of carboxylic acid groups (broad SMARTS) is 1. The van der Waals surface area contributed by atoms with Gasteiger partial charge >= 0.3 is 5.97 Å². The smallest absolute Gasteiger partial charge is 0.323 e. The molecule has 0 unspecified atom stereocenters. The second kappa shape index (κ2) is 15.5. The minimum absolute atomic E-state index is 0.257. The Bertz CT molecular complexity index is 2200. The Morgan fingerprint density at radius 2 is 0.904 bits per heavy atom. The van der Waals surface area contributed by atoms with E-state index in [1.54, 1.807) is 6.08 Å². The van der Waals surface area contributed by atoms with Crippen molar-refractivity contribution in [3.8, 4) is 0 Å². The summed E-state index contributed by atoms with van der Waals surface area (Å²) in [6.45, 7) is -0.426. The third kappa shape index (κ3) is 7.75. The van der Waals surface area contributed by atoms with Crippen molar-refractivity contribution in [2.45, 2.75) is 6.42 Å². The molecule has 6 aromatic carbocycles. The van der Waals surface area contributed by atoms with Crippen LogP contribution in [-0.4, -0.2) is 33.4 Å². The SMILES string of the molecule is O=C(O)CN1C(=O)/C(=C\c2ccc(N(c3ccccc3)c3ccc(/C=C/c4ccc(N(c5ccccc5)c5ccccc5)cc4)cc3)cc2)CC1=S. The number of thiocarbonyl (C=S) groups is 1. The molecule has 1 aliphatic rings. The summed E-state index contributed by atoms with van der Waals surface area (Å²) in [4.78, 5) is 29.9. The number of benzene rings is 6. The number of carboxylic acids is 1. The second-order valence-corrected chi connectivity index (χ2v) is 12.8. The van der Waals surface area contributed by atoms with Crippen molar-refractivity contribution in [2.75, 3.05) is 16.3 Å². The van der Waals surface area contributed by atoms with Gasteiger partial charge in [0, 0.05) is 46.1 Å². The van der Waals surface area contributed by atoms with E-state index in [2.05, 4.69) is 131 Å². The average molecular weight is 698 g/mol. The summed E-state index contributed by atoms with van der Waals surface area (Å²) in [5, 5.41) is 9.15. The fourth-order valence-electron chi connectivity index (χ4n) is 6.24. The van der Waals surface area contributed by atoms with E-state index in [4.69, 9.17) is 17.3 Å². The minimum Gasteiger partial charge on any atom is -0.480 e. The molecular weight excluding hydrogens is 663 g/mol. The molecule has 6 aromatic rings.